The lowest BCUT2D eigenvalue weighted by molar-refractivity contribution is -0.126. The highest BCUT2D eigenvalue weighted by atomic mass is 19.3. The molecule has 0 unspecified atom stereocenters. The van der Waals surface area contributed by atoms with Gasteiger partial charge in [0, 0.05) is 49.6 Å². The number of hydrogen-bond donors (Lipinski definition) is 0. The van der Waals surface area contributed by atoms with Crippen LogP contribution < -0.4 is 14.4 Å². The molecule has 0 bridgehead atoms. The van der Waals surface area contributed by atoms with Crippen LogP contribution in [0.15, 0.2) is 54.6 Å². The predicted molar refractivity (Wildman–Crippen MR) is 104 cm³/mol. The molecule has 0 radical (unpaired) electrons. The molecule has 1 heterocycles. The van der Waals surface area contributed by atoms with E-state index >= 15 is 0 Å². The minimum atomic E-state index is -2.91. The van der Waals surface area contributed by atoms with Crippen molar-refractivity contribution in [1.82, 2.24) is 4.90 Å². The molecule has 0 spiro atoms. The Morgan fingerprint density at radius 3 is 2.54 bits per heavy atom. The molecule has 7 heteroatoms. The first-order valence-corrected chi connectivity index (χ1v) is 8.96. The first kappa shape index (κ1) is 19.7. The lowest BCUT2D eigenvalue weighted by Gasteiger charge is -2.35. The van der Waals surface area contributed by atoms with Crippen molar-refractivity contribution in [2.45, 2.75) is 6.61 Å². The van der Waals surface area contributed by atoms with Crippen LogP contribution in [-0.4, -0.2) is 50.7 Å². The zero-order valence-electron chi connectivity index (χ0n) is 15.6. The molecule has 1 amide bonds. The molecular formula is C21H22F2N2O3. The first-order chi connectivity index (χ1) is 13.6. The second-order valence-electron chi connectivity index (χ2n) is 6.26. The zero-order chi connectivity index (χ0) is 19.9. The quantitative estimate of drug-likeness (QED) is 0.709. The van der Waals surface area contributed by atoms with Crippen LogP contribution in [0.3, 0.4) is 0 Å². The monoisotopic (exact) mass is 388 g/mol. The third-order valence-corrected chi connectivity index (χ3v) is 4.55. The van der Waals surface area contributed by atoms with Gasteiger partial charge in [-0.25, -0.2) is 0 Å². The van der Waals surface area contributed by atoms with Crippen LogP contribution in [0.5, 0.6) is 11.5 Å². The number of rotatable bonds is 6. The van der Waals surface area contributed by atoms with Crippen molar-refractivity contribution in [2.24, 2.45) is 0 Å². The van der Waals surface area contributed by atoms with Crippen LogP contribution in [0.1, 0.15) is 5.56 Å². The van der Waals surface area contributed by atoms with E-state index in [1.807, 2.05) is 24.3 Å². The maximum atomic E-state index is 12.5. The summed E-state index contributed by atoms with van der Waals surface area (Å²) in [5, 5.41) is 0. The number of methoxy groups -OCH3 is 1. The van der Waals surface area contributed by atoms with Gasteiger partial charge in [-0.3, -0.25) is 4.79 Å². The van der Waals surface area contributed by atoms with E-state index in [9.17, 15) is 13.6 Å². The highest BCUT2D eigenvalue weighted by Gasteiger charge is 2.20. The zero-order valence-corrected chi connectivity index (χ0v) is 15.6. The topological polar surface area (TPSA) is 42.0 Å². The Kier molecular flexibility index (Phi) is 6.47. The van der Waals surface area contributed by atoms with E-state index in [0.29, 0.717) is 31.7 Å². The molecule has 1 fully saturated rings. The van der Waals surface area contributed by atoms with Gasteiger partial charge in [0.25, 0.3) is 0 Å². The highest BCUT2D eigenvalue weighted by molar-refractivity contribution is 5.92. The van der Waals surface area contributed by atoms with Crippen LogP contribution in [0, 0.1) is 0 Å². The number of anilines is 1. The highest BCUT2D eigenvalue weighted by Crippen LogP contribution is 2.23. The van der Waals surface area contributed by atoms with Gasteiger partial charge >= 0.3 is 6.61 Å². The van der Waals surface area contributed by atoms with Gasteiger partial charge in [0.2, 0.25) is 5.91 Å². The largest absolute Gasteiger partial charge is 0.497 e. The Labute approximate surface area is 162 Å². The minimum absolute atomic E-state index is 0.0457. The fourth-order valence-corrected chi connectivity index (χ4v) is 3.08. The maximum absolute atomic E-state index is 12.5. The Balaban J connectivity index is 1.59. The fraction of sp³-hybridized carbons (Fsp3) is 0.286. The van der Waals surface area contributed by atoms with Crippen molar-refractivity contribution >= 4 is 17.7 Å². The molecule has 1 saturated heterocycles. The standard InChI is InChI=1S/C21H22F2N2O3/c1-27-18-7-4-6-17(15-18)24-11-13-25(14-12-24)20(26)10-9-16-5-2-3-8-19(16)28-21(22)23/h2-10,15,21H,11-14H2,1H3/b10-9+. The average molecular weight is 388 g/mol. The summed E-state index contributed by atoms with van der Waals surface area (Å²) in [4.78, 5) is 16.4. The lowest BCUT2D eigenvalue weighted by atomic mass is 10.2. The average Bonchev–Trinajstić information content (AvgIpc) is 2.72. The molecule has 0 saturated carbocycles. The lowest BCUT2D eigenvalue weighted by Crippen LogP contribution is -2.48. The number of amides is 1. The van der Waals surface area contributed by atoms with Crippen LogP contribution in [0.25, 0.3) is 6.08 Å². The number of alkyl halides is 2. The van der Waals surface area contributed by atoms with Crippen molar-refractivity contribution < 1.29 is 23.0 Å². The smallest absolute Gasteiger partial charge is 0.387 e. The van der Waals surface area contributed by atoms with Crippen molar-refractivity contribution in [3.8, 4) is 11.5 Å². The molecule has 0 aromatic heterocycles. The van der Waals surface area contributed by atoms with Crippen molar-refractivity contribution in [2.75, 3.05) is 38.2 Å². The minimum Gasteiger partial charge on any atom is -0.497 e. The Hall–Kier alpha value is -3.09. The predicted octanol–water partition coefficient (Wildman–Crippen LogP) is 3.66. The summed E-state index contributed by atoms with van der Waals surface area (Å²) in [6, 6.07) is 14.2. The molecule has 0 aliphatic carbocycles. The first-order valence-electron chi connectivity index (χ1n) is 8.96. The van der Waals surface area contributed by atoms with Gasteiger partial charge in [0.1, 0.15) is 11.5 Å². The van der Waals surface area contributed by atoms with E-state index < -0.39 is 6.61 Å². The normalized spacial score (nSPS) is 14.6. The van der Waals surface area contributed by atoms with Crippen molar-refractivity contribution in [1.29, 1.82) is 0 Å². The van der Waals surface area contributed by atoms with E-state index in [4.69, 9.17) is 4.74 Å². The number of ether oxygens (including phenoxy) is 2. The van der Waals surface area contributed by atoms with Crippen LogP contribution in [0.2, 0.25) is 0 Å². The number of benzene rings is 2. The second kappa shape index (κ2) is 9.21. The summed E-state index contributed by atoms with van der Waals surface area (Å²) >= 11 is 0. The summed E-state index contributed by atoms with van der Waals surface area (Å²) < 4.78 is 34.7. The van der Waals surface area contributed by atoms with Gasteiger partial charge in [-0.2, -0.15) is 8.78 Å². The van der Waals surface area contributed by atoms with Gasteiger partial charge in [-0.15, -0.1) is 0 Å². The van der Waals surface area contributed by atoms with E-state index in [-0.39, 0.29) is 11.7 Å². The number of carbonyl (C=O) groups is 1. The number of halogens is 2. The maximum Gasteiger partial charge on any atom is 0.387 e. The molecule has 1 aliphatic rings. The van der Waals surface area contributed by atoms with Gasteiger partial charge in [-0.1, -0.05) is 24.3 Å². The van der Waals surface area contributed by atoms with Crippen LogP contribution in [0.4, 0.5) is 14.5 Å². The van der Waals surface area contributed by atoms with E-state index in [2.05, 4.69) is 9.64 Å². The molecule has 3 rings (SSSR count). The molecule has 0 N–H and O–H groups in total. The Morgan fingerprint density at radius 1 is 1.07 bits per heavy atom. The number of hydrogen-bond acceptors (Lipinski definition) is 4. The van der Waals surface area contributed by atoms with Crippen LogP contribution >= 0.6 is 0 Å². The van der Waals surface area contributed by atoms with Crippen molar-refractivity contribution in [3.05, 3.63) is 60.2 Å². The summed E-state index contributed by atoms with van der Waals surface area (Å²) in [6.45, 7) is -0.337. The molecular weight excluding hydrogens is 366 g/mol. The van der Waals surface area contributed by atoms with Crippen molar-refractivity contribution in [3.63, 3.8) is 0 Å². The summed E-state index contributed by atoms with van der Waals surface area (Å²) in [5.74, 6) is 0.685. The summed E-state index contributed by atoms with van der Waals surface area (Å²) in [6.07, 6.45) is 2.91. The van der Waals surface area contributed by atoms with E-state index in [0.717, 1.165) is 11.4 Å². The molecule has 5 nitrogen and oxygen atoms in total. The fourth-order valence-electron chi connectivity index (χ4n) is 3.08. The molecule has 2 aromatic carbocycles. The number of carbonyl (C=O) groups excluding carboxylic acids is 1. The third kappa shape index (κ3) is 5.00. The van der Waals surface area contributed by atoms with Gasteiger partial charge in [0.05, 0.1) is 7.11 Å². The summed E-state index contributed by atoms with van der Waals surface area (Å²) in [5.41, 5.74) is 1.49. The van der Waals surface area contributed by atoms with E-state index in [1.165, 1.54) is 18.2 Å². The molecule has 0 atom stereocenters. The number of para-hydroxylation sites is 1. The second-order valence-corrected chi connectivity index (χ2v) is 6.26. The SMILES string of the molecule is COc1cccc(N2CCN(C(=O)/C=C/c3ccccc3OC(F)F)CC2)c1. The number of piperazine rings is 1. The van der Waals surface area contributed by atoms with Gasteiger partial charge in [-0.05, 0) is 24.3 Å². The number of nitrogens with zero attached hydrogens (tertiary/aromatic N) is 2. The van der Waals surface area contributed by atoms with E-state index in [1.54, 1.807) is 30.2 Å². The third-order valence-electron chi connectivity index (χ3n) is 4.55. The van der Waals surface area contributed by atoms with Gasteiger partial charge < -0.3 is 19.3 Å². The molecule has 148 valence electrons. The Morgan fingerprint density at radius 2 is 1.82 bits per heavy atom. The molecule has 1 aliphatic heterocycles. The molecule has 2 aromatic rings. The molecule has 28 heavy (non-hydrogen) atoms. The van der Waals surface area contributed by atoms with Gasteiger partial charge in [0.15, 0.2) is 0 Å². The Bertz CT molecular complexity index is 834. The summed E-state index contributed by atoms with van der Waals surface area (Å²) in [7, 11) is 1.63. The van der Waals surface area contributed by atoms with Crippen LogP contribution in [-0.2, 0) is 4.79 Å².